The van der Waals surface area contributed by atoms with Crippen LogP contribution in [0.1, 0.15) is 63.1 Å². The van der Waals surface area contributed by atoms with E-state index >= 15 is 0 Å². The number of aromatic amines is 1. The second-order valence-electron chi connectivity index (χ2n) is 7.61. The Kier molecular flexibility index (Phi) is 5.06. The molecule has 0 spiro atoms. The number of H-pyrrole nitrogens is 1. The summed E-state index contributed by atoms with van der Waals surface area (Å²) in [5.74, 6) is 2.26. The first-order valence-electron chi connectivity index (χ1n) is 9.82. The zero-order valence-corrected chi connectivity index (χ0v) is 15.1. The number of anilines is 2. The fourth-order valence-electron chi connectivity index (χ4n) is 4.12. The van der Waals surface area contributed by atoms with Crippen LogP contribution >= 0.6 is 0 Å². The number of rotatable bonds is 4. The van der Waals surface area contributed by atoms with Crippen LogP contribution < -0.4 is 11.1 Å². The molecule has 26 heavy (non-hydrogen) atoms. The maximum absolute atomic E-state index is 9.35. The normalized spacial score (nSPS) is 24.7. The van der Waals surface area contributed by atoms with Crippen LogP contribution in [0.2, 0.25) is 0 Å². The molecule has 0 aromatic carbocycles. The quantitative estimate of drug-likeness (QED) is 0.626. The lowest BCUT2D eigenvalue weighted by Gasteiger charge is -2.21. The van der Waals surface area contributed by atoms with E-state index in [1.54, 1.807) is 0 Å². The highest BCUT2D eigenvalue weighted by molar-refractivity contribution is 5.84. The molecule has 7 heteroatoms. The molecule has 1 saturated carbocycles. The minimum Gasteiger partial charge on any atom is -0.396 e. The van der Waals surface area contributed by atoms with Gasteiger partial charge in [-0.25, -0.2) is 4.98 Å². The Labute approximate surface area is 153 Å². The topological polar surface area (TPSA) is 113 Å². The van der Waals surface area contributed by atoms with E-state index < -0.39 is 0 Å². The highest BCUT2D eigenvalue weighted by atomic mass is 16.3. The summed E-state index contributed by atoms with van der Waals surface area (Å²) in [7, 11) is 0. The van der Waals surface area contributed by atoms with Crippen LogP contribution in [0.3, 0.4) is 0 Å². The van der Waals surface area contributed by atoms with Crippen molar-refractivity contribution in [2.24, 2.45) is 5.92 Å². The number of nitrogens with two attached hydrogens (primary N) is 1. The molecular formula is C19H28N6O. The van der Waals surface area contributed by atoms with Crippen molar-refractivity contribution in [2.45, 2.75) is 63.3 Å². The molecule has 0 aliphatic heterocycles. The van der Waals surface area contributed by atoms with E-state index in [0.29, 0.717) is 11.7 Å². The number of nitrogens with zero attached hydrogens (tertiary/aromatic N) is 3. The van der Waals surface area contributed by atoms with E-state index in [-0.39, 0.29) is 24.4 Å². The number of hydrogen-bond acceptors (Lipinski definition) is 6. The van der Waals surface area contributed by atoms with Gasteiger partial charge in [0.2, 0.25) is 5.95 Å². The first-order chi connectivity index (χ1) is 12.7. The van der Waals surface area contributed by atoms with Gasteiger partial charge in [0, 0.05) is 24.5 Å². The van der Waals surface area contributed by atoms with Crippen LogP contribution in [-0.4, -0.2) is 37.7 Å². The Morgan fingerprint density at radius 2 is 1.85 bits per heavy atom. The van der Waals surface area contributed by atoms with Gasteiger partial charge in [0.05, 0.1) is 0 Å². The summed E-state index contributed by atoms with van der Waals surface area (Å²) in [4.78, 5) is 16.8. The highest BCUT2D eigenvalue weighted by Gasteiger charge is 2.24. The largest absolute Gasteiger partial charge is 0.396 e. The number of nitrogen functional groups attached to an aromatic ring is 1. The summed E-state index contributed by atoms with van der Waals surface area (Å²) in [6, 6.07) is 0.421. The predicted molar refractivity (Wildman–Crippen MR) is 103 cm³/mol. The second-order valence-corrected chi connectivity index (χ2v) is 7.61. The molecule has 0 radical (unpaired) electrons. The Balaban J connectivity index is 1.59. The van der Waals surface area contributed by atoms with E-state index in [4.69, 9.17) is 5.73 Å². The SMILES string of the molecule is Nc1nc(NC2CCCCCCC2)c2[nH]c([C@@H]3C=C[C@H](CO)C3)nc2n1. The van der Waals surface area contributed by atoms with Gasteiger partial charge in [-0.15, -0.1) is 0 Å². The number of imidazole rings is 1. The molecule has 2 aromatic heterocycles. The van der Waals surface area contributed by atoms with E-state index in [2.05, 4.69) is 37.4 Å². The summed E-state index contributed by atoms with van der Waals surface area (Å²) in [5.41, 5.74) is 7.37. The van der Waals surface area contributed by atoms with Gasteiger partial charge in [0.15, 0.2) is 11.5 Å². The van der Waals surface area contributed by atoms with Crippen molar-refractivity contribution >= 4 is 22.9 Å². The van der Waals surface area contributed by atoms with Crippen LogP contribution in [-0.2, 0) is 0 Å². The standard InChI is InChI=1S/C19H28N6O/c20-19-24-17(21-14-6-4-2-1-3-5-7-14)15-18(25-19)23-16(22-15)13-9-8-12(10-13)11-26/h8-9,12-14,26H,1-7,10-11H2,(H4,20,21,22,23,24,25)/t12-,13+/m0/s1. The van der Waals surface area contributed by atoms with Gasteiger partial charge >= 0.3 is 0 Å². The number of fused-ring (bicyclic) bond motifs is 1. The number of nitrogens with one attached hydrogen (secondary N) is 2. The van der Waals surface area contributed by atoms with Crippen molar-refractivity contribution < 1.29 is 5.11 Å². The molecule has 5 N–H and O–H groups in total. The molecule has 2 heterocycles. The van der Waals surface area contributed by atoms with Crippen LogP contribution in [0.15, 0.2) is 12.2 Å². The van der Waals surface area contributed by atoms with Crippen molar-refractivity contribution in [2.75, 3.05) is 17.7 Å². The maximum Gasteiger partial charge on any atom is 0.224 e. The lowest BCUT2D eigenvalue weighted by Crippen LogP contribution is -2.21. The molecule has 7 nitrogen and oxygen atoms in total. The van der Waals surface area contributed by atoms with Gasteiger partial charge in [-0.2, -0.15) is 9.97 Å². The molecule has 4 rings (SSSR count). The molecule has 140 valence electrons. The van der Waals surface area contributed by atoms with E-state index in [0.717, 1.165) is 36.4 Å². The minimum absolute atomic E-state index is 0.175. The first kappa shape index (κ1) is 17.3. The fraction of sp³-hybridized carbons (Fsp3) is 0.632. The van der Waals surface area contributed by atoms with E-state index in [9.17, 15) is 5.11 Å². The van der Waals surface area contributed by atoms with Gasteiger partial charge in [0.1, 0.15) is 11.3 Å². The van der Waals surface area contributed by atoms with Crippen LogP contribution in [0.25, 0.3) is 11.2 Å². The molecule has 2 aliphatic rings. The first-order valence-corrected chi connectivity index (χ1v) is 9.82. The van der Waals surface area contributed by atoms with Crippen molar-refractivity contribution in [3.05, 3.63) is 18.0 Å². The van der Waals surface area contributed by atoms with Gasteiger partial charge in [-0.3, -0.25) is 0 Å². The van der Waals surface area contributed by atoms with Crippen molar-refractivity contribution in [1.82, 2.24) is 19.9 Å². The lowest BCUT2D eigenvalue weighted by atomic mass is 9.97. The Hall–Kier alpha value is -2.15. The van der Waals surface area contributed by atoms with Crippen LogP contribution in [0, 0.1) is 5.92 Å². The number of hydrogen-bond donors (Lipinski definition) is 4. The van der Waals surface area contributed by atoms with Crippen LogP contribution in [0.4, 0.5) is 11.8 Å². The molecule has 0 amide bonds. The number of aromatic nitrogens is 4. The molecule has 2 aromatic rings. The maximum atomic E-state index is 9.35. The molecule has 1 fully saturated rings. The zero-order chi connectivity index (χ0) is 17.9. The van der Waals surface area contributed by atoms with Crippen molar-refractivity contribution in [3.63, 3.8) is 0 Å². The third-order valence-corrected chi connectivity index (χ3v) is 5.59. The van der Waals surface area contributed by atoms with Crippen molar-refractivity contribution in [3.8, 4) is 0 Å². The van der Waals surface area contributed by atoms with Gasteiger partial charge in [0.25, 0.3) is 0 Å². The number of aliphatic hydroxyl groups is 1. The Morgan fingerprint density at radius 1 is 1.08 bits per heavy atom. The minimum atomic E-state index is 0.175. The molecular weight excluding hydrogens is 328 g/mol. The third kappa shape index (κ3) is 3.67. The van der Waals surface area contributed by atoms with E-state index in [1.165, 1.54) is 32.1 Å². The summed E-state index contributed by atoms with van der Waals surface area (Å²) in [6.45, 7) is 0.175. The lowest BCUT2D eigenvalue weighted by molar-refractivity contribution is 0.248. The molecule has 0 unspecified atom stereocenters. The third-order valence-electron chi connectivity index (χ3n) is 5.59. The smallest absolute Gasteiger partial charge is 0.224 e. The highest BCUT2D eigenvalue weighted by Crippen LogP contribution is 2.32. The predicted octanol–water partition coefficient (Wildman–Crippen LogP) is 3.11. The number of allylic oxidation sites excluding steroid dienone is 1. The monoisotopic (exact) mass is 356 g/mol. The summed E-state index contributed by atoms with van der Waals surface area (Å²) >= 11 is 0. The molecule has 0 bridgehead atoms. The summed E-state index contributed by atoms with van der Waals surface area (Å²) in [6.07, 6.45) is 13.8. The molecule has 2 aliphatic carbocycles. The number of aliphatic hydroxyl groups excluding tert-OH is 1. The Morgan fingerprint density at radius 3 is 2.58 bits per heavy atom. The molecule has 2 atom stereocenters. The van der Waals surface area contributed by atoms with Gasteiger partial charge in [-0.1, -0.05) is 44.3 Å². The van der Waals surface area contributed by atoms with Crippen LogP contribution in [0.5, 0.6) is 0 Å². The Bertz CT molecular complexity index is 778. The summed E-state index contributed by atoms with van der Waals surface area (Å²) < 4.78 is 0. The molecule has 0 saturated heterocycles. The zero-order valence-electron chi connectivity index (χ0n) is 15.1. The second kappa shape index (κ2) is 7.61. The van der Waals surface area contributed by atoms with Gasteiger partial charge < -0.3 is 21.1 Å². The summed E-state index contributed by atoms with van der Waals surface area (Å²) in [5, 5.41) is 12.9. The van der Waals surface area contributed by atoms with Gasteiger partial charge in [-0.05, 0) is 19.3 Å². The average molecular weight is 356 g/mol. The average Bonchev–Trinajstić information content (AvgIpc) is 3.23. The van der Waals surface area contributed by atoms with E-state index in [1.807, 2.05) is 0 Å². The van der Waals surface area contributed by atoms with Crippen molar-refractivity contribution in [1.29, 1.82) is 0 Å². The fourth-order valence-corrected chi connectivity index (χ4v) is 4.12.